The minimum absolute atomic E-state index is 0.530. The Labute approximate surface area is 113 Å². The van der Waals surface area contributed by atoms with Crippen LogP contribution in [0.25, 0.3) is 0 Å². The van der Waals surface area contributed by atoms with Crippen molar-refractivity contribution in [1.82, 2.24) is 0 Å². The van der Waals surface area contributed by atoms with E-state index < -0.39 is 6.10 Å². The Morgan fingerprint density at radius 2 is 1.63 bits per heavy atom. The minimum Gasteiger partial charge on any atom is -0.497 e. The number of benzene rings is 2. The van der Waals surface area contributed by atoms with Gasteiger partial charge in [0.05, 0.1) is 20.3 Å². The van der Waals surface area contributed by atoms with Crippen LogP contribution in [-0.4, -0.2) is 19.3 Å². The van der Waals surface area contributed by atoms with Gasteiger partial charge < -0.3 is 14.6 Å². The molecule has 0 amide bonds. The van der Waals surface area contributed by atoms with Crippen LogP contribution in [0.3, 0.4) is 0 Å². The van der Waals surface area contributed by atoms with Gasteiger partial charge in [0.1, 0.15) is 11.5 Å². The summed E-state index contributed by atoms with van der Waals surface area (Å²) in [5.41, 5.74) is 1.92. The summed E-state index contributed by atoms with van der Waals surface area (Å²) in [6, 6.07) is 15.2. The molecule has 3 heteroatoms. The first-order valence-electron chi connectivity index (χ1n) is 6.18. The van der Waals surface area contributed by atoms with Crippen molar-refractivity contribution in [3.05, 3.63) is 59.7 Å². The highest BCUT2D eigenvalue weighted by Crippen LogP contribution is 2.22. The number of aliphatic hydroxyl groups is 1. The Morgan fingerprint density at radius 1 is 0.947 bits per heavy atom. The van der Waals surface area contributed by atoms with Crippen LogP contribution in [0.1, 0.15) is 17.2 Å². The second-order valence-electron chi connectivity index (χ2n) is 4.34. The summed E-state index contributed by atoms with van der Waals surface area (Å²) in [7, 11) is 3.26. The molecule has 0 spiro atoms. The second kappa shape index (κ2) is 6.25. The highest BCUT2D eigenvalue weighted by molar-refractivity contribution is 5.32. The van der Waals surface area contributed by atoms with Crippen LogP contribution >= 0.6 is 0 Å². The Morgan fingerprint density at radius 3 is 2.26 bits per heavy atom. The number of methoxy groups -OCH3 is 2. The molecular weight excluding hydrogens is 240 g/mol. The van der Waals surface area contributed by atoms with Gasteiger partial charge in [-0.05, 0) is 35.4 Å². The maximum absolute atomic E-state index is 10.2. The Hall–Kier alpha value is -2.00. The van der Waals surface area contributed by atoms with Crippen molar-refractivity contribution < 1.29 is 14.6 Å². The standard InChI is InChI=1S/C16H18O3/c1-18-14-8-6-13(7-9-14)16(17)11-12-4-3-5-15(10-12)19-2/h3-10,16-17H,11H2,1-2H3/t16-/m1/s1. The molecule has 0 aromatic heterocycles. The van der Waals surface area contributed by atoms with Crippen LogP contribution in [0.5, 0.6) is 11.5 Å². The lowest BCUT2D eigenvalue weighted by molar-refractivity contribution is 0.178. The normalized spacial score (nSPS) is 11.9. The van der Waals surface area contributed by atoms with Gasteiger partial charge in [-0.1, -0.05) is 24.3 Å². The topological polar surface area (TPSA) is 38.7 Å². The summed E-state index contributed by atoms with van der Waals surface area (Å²) in [5, 5.41) is 10.2. The molecule has 2 rings (SSSR count). The fourth-order valence-electron chi connectivity index (χ4n) is 1.97. The summed E-state index contributed by atoms with van der Waals surface area (Å²) in [6.45, 7) is 0. The average Bonchev–Trinajstić information content (AvgIpc) is 2.47. The van der Waals surface area contributed by atoms with Crippen LogP contribution in [0.4, 0.5) is 0 Å². The zero-order chi connectivity index (χ0) is 13.7. The van der Waals surface area contributed by atoms with E-state index in [2.05, 4.69) is 0 Å². The third-order valence-corrected chi connectivity index (χ3v) is 3.06. The lowest BCUT2D eigenvalue weighted by Crippen LogP contribution is -2.02. The summed E-state index contributed by atoms with van der Waals surface area (Å²) >= 11 is 0. The van der Waals surface area contributed by atoms with Gasteiger partial charge in [0.15, 0.2) is 0 Å². The molecule has 0 unspecified atom stereocenters. The fourth-order valence-corrected chi connectivity index (χ4v) is 1.97. The van der Waals surface area contributed by atoms with Gasteiger partial charge in [-0.3, -0.25) is 0 Å². The van der Waals surface area contributed by atoms with E-state index in [1.54, 1.807) is 14.2 Å². The lowest BCUT2D eigenvalue weighted by atomic mass is 10.0. The van der Waals surface area contributed by atoms with Crippen molar-refractivity contribution in [2.75, 3.05) is 14.2 Å². The molecule has 3 nitrogen and oxygen atoms in total. The smallest absolute Gasteiger partial charge is 0.119 e. The molecule has 0 aliphatic carbocycles. The molecule has 0 heterocycles. The third kappa shape index (κ3) is 3.48. The van der Waals surface area contributed by atoms with Crippen molar-refractivity contribution in [1.29, 1.82) is 0 Å². The van der Waals surface area contributed by atoms with E-state index in [-0.39, 0.29) is 0 Å². The van der Waals surface area contributed by atoms with Gasteiger partial charge >= 0.3 is 0 Å². The number of hydrogen-bond acceptors (Lipinski definition) is 3. The molecule has 0 saturated carbocycles. The lowest BCUT2D eigenvalue weighted by Gasteiger charge is -2.12. The molecule has 0 saturated heterocycles. The molecule has 2 aromatic carbocycles. The highest BCUT2D eigenvalue weighted by Gasteiger charge is 2.09. The van der Waals surface area contributed by atoms with Gasteiger partial charge in [-0.2, -0.15) is 0 Å². The van der Waals surface area contributed by atoms with Gasteiger partial charge in [0, 0.05) is 6.42 Å². The summed E-state index contributed by atoms with van der Waals surface area (Å²) in [4.78, 5) is 0. The summed E-state index contributed by atoms with van der Waals surface area (Å²) in [5.74, 6) is 1.59. The van der Waals surface area contributed by atoms with Crippen molar-refractivity contribution in [2.24, 2.45) is 0 Å². The van der Waals surface area contributed by atoms with Gasteiger partial charge in [-0.25, -0.2) is 0 Å². The summed E-state index contributed by atoms with van der Waals surface area (Å²) in [6.07, 6.45) is 0.0294. The minimum atomic E-state index is -0.530. The highest BCUT2D eigenvalue weighted by atomic mass is 16.5. The molecule has 19 heavy (non-hydrogen) atoms. The quantitative estimate of drug-likeness (QED) is 0.896. The monoisotopic (exact) mass is 258 g/mol. The first-order valence-corrected chi connectivity index (χ1v) is 6.18. The molecule has 0 aliphatic rings. The number of hydrogen-bond donors (Lipinski definition) is 1. The molecule has 1 N–H and O–H groups in total. The van der Waals surface area contributed by atoms with E-state index in [1.807, 2.05) is 48.5 Å². The SMILES string of the molecule is COc1ccc([C@H](O)Cc2cccc(OC)c2)cc1. The van der Waals surface area contributed by atoms with Crippen LogP contribution in [-0.2, 0) is 6.42 Å². The predicted molar refractivity (Wildman–Crippen MR) is 74.7 cm³/mol. The third-order valence-electron chi connectivity index (χ3n) is 3.06. The van der Waals surface area contributed by atoms with E-state index in [1.165, 1.54) is 0 Å². The van der Waals surface area contributed by atoms with E-state index in [9.17, 15) is 5.11 Å². The van der Waals surface area contributed by atoms with Crippen LogP contribution in [0.2, 0.25) is 0 Å². The molecular formula is C16H18O3. The summed E-state index contributed by atoms with van der Waals surface area (Å²) < 4.78 is 10.3. The Bertz CT molecular complexity index is 520. The average molecular weight is 258 g/mol. The molecule has 0 radical (unpaired) electrons. The first kappa shape index (κ1) is 13.4. The van der Waals surface area contributed by atoms with Crippen LogP contribution < -0.4 is 9.47 Å². The van der Waals surface area contributed by atoms with Crippen molar-refractivity contribution in [3.8, 4) is 11.5 Å². The predicted octanol–water partition coefficient (Wildman–Crippen LogP) is 2.98. The molecule has 0 bridgehead atoms. The van der Waals surface area contributed by atoms with Crippen molar-refractivity contribution in [3.63, 3.8) is 0 Å². The number of ether oxygens (including phenoxy) is 2. The van der Waals surface area contributed by atoms with Crippen molar-refractivity contribution >= 4 is 0 Å². The van der Waals surface area contributed by atoms with Crippen LogP contribution in [0.15, 0.2) is 48.5 Å². The Kier molecular flexibility index (Phi) is 4.42. The molecule has 0 fully saturated rings. The zero-order valence-electron chi connectivity index (χ0n) is 11.2. The number of aliphatic hydroxyl groups excluding tert-OH is 1. The zero-order valence-corrected chi connectivity index (χ0v) is 11.2. The second-order valence-corrected chi connectivity index (χ2v) is 4.34. The van der Waals surface area contributed by atoms with Gasteiger partial charge in [0.25, 0.3) is 0 Å². The van der Waals surface area contributed by atoms with Crippen molar-refractivity contribution in [2.45, 2.75) is 12.5 Å². The maximum atomic E-state index is 10.2. The van der Waals surface area contributed by atoms with E-state index in [0.29, 0.717) is 6.42 Å². The number of rotatable bonds is 5. The first-order chi connectivity index (χ1) is 9.22. The van der Waals surface area contributed by atoms with E-state index in [4.69, 9.17) is 9.47 Å². The van der Waals surface area contributed by atoms with Crippen LogP contribution in [0, 0.1) is 0 Å². The molecule has 2 aromatic rings. The Balaban J connectivity index is 2.08. The maximum Gasteiger partial charge on any atom is 0.119 e. The molecule has 0 aliphatic heterocycles. The van der Waals surface area contributed by atoms with E-state index in [0.717, 1.165) is 22.6 Å². The van der Waals surface area contributed by atoms with Gasteiger partial charge in [0.2, 0.25) is 0 Å². The molecule has 100 valence electrons. The molecule has 1 atom stereocenters. The van der Waals surface area contributed by atoms with E-state index >= 15 is 0 Å². The fraction of sp³-hybridized carbons (Fsp3) is 0.250. The van der Waals surface area contributed by atoms with Gasteiger partial charge in [-0.15, -0.1) is 0 Å². The largest absolute Gasteiger partial charge is 0.497 e.